The number of benzene rings is 1. The zero-order chi connectivity index (χ0) is 12.8. The van der Waals surface area contributed by atoms with E-state index in [2.05, 4.69) is 10.6 Å². The van der Waals surface area contributed by atoms with Gasteiger partial charge in [0.1, 0.15) is 5.75 Å². The Morgan fingerprint density at radius 2 is 2.39 bits per heavy atom. The number of thioether (sulfide) groups is 1. The van der Waals surface area contributed by atoms with Gasteiger partial charge >= 0.3 is 0 Å². The number of amides is 1. The highest BCUT2D eigenvalue weighted by molar-refractivity contribution is 7.99. The number of hydrogen-bond acceptors (Lipinski definition) is 4. The SMILES string of the molecule is COc1ccccc1NC(=O)CC1CSCCN1. The van der Waals surface area contributed by atoms with E-state index in [1.165, 1.54) is 0 Å². The Bertz CT molecular complexity index is 406. The molecule has 2 N–H and O–H groups in total. The Kier molecular flexibility index (Phi) is 4.90. The molecule has 0 bridgehead atoms. The number of anilines is 1. The molecule has 1 saturated heterocycles. The van der Waals surface area contributed by atoms with Crippen molar-refractivity contribution in [2.75, 3.05) is 30.5 Å². The summed E-state index contributed by atoms with van der Waals surface area (Å²) in [5.74, 6) is 2.85. The summed E-state index contributed by atoms with van der Waals surface area (Å²) in [6.45, 7) is 0.983. The van der Waals surface area contributed by atoms with E-state index in [0.717, 1.165) is 23.7 Å². The standard InChI is InChI=1S/C13H18N2O2S/c1-17-12-5-3-2-4-11(12)15-13(16)8-10-9-18-7-6-14-10/h2-5,10,14H,6-9H2,1H3,(H,15,16). The molecule has 18 heavy (non-hydrogen) atoms. The van der Waals surface area contributed by atoms with Crippen molar-refractivity contribution in [2.24, 2.45) is 0 Å². The monoisotopic (exact) mass is 266 g/mol. The number of hydrogen-bond donors (Lipinski definition) is 2. The molecule has 1 heterocycles. The van der Waals surface area contributed by atoms with Crippen molar-refractivity contribution in [3.05, 3.63) is 24.3 Å². The normalized spacial score (nSPS) is 19.3. The number of carbonyl (C=O) groups excluding carboxylic acids is 1. The summed E-state index contributed by atoms with van der Waals surface area (Å²) in [7, 11) is 1.60. The number of carbonyl (C=O) groups is 1. The highest BCUT2D eigenvalue weighted by Crippen LogP contribution is 2.23. The first-order chi connectivity index (χ1) is 8.79. The van der Waals surface area contributed by atoms with E-state index in [1.807, 2.05) is 36.0 Å². The van der Waals surface area contributed by atoms with Crippen LogP contribution in [0.1, 0.15) is 6.42 Å². The van der Waals surface area contributed by atoms with Crippen LogP contribution in [0.5, 0.6) is 5.75 Å². The van der Waals surface area contributed by atoms with E-state index >= 15 is 0 Å². The molecule has 1 atom stereocenters. The predicted molar refractivity (Wildman–Crippen MR) is 75.4 cm³/mol. The van der Waals surface area contributed by atoms with Crippen molar-refractivity contribution >= 4 is 23.4 Å². The van der Waals surface area contributed by atoms with Gasteiger partial charge in [0.2, 0.25) is 5.91 Å². The van der Waals surface area contributed by atoms with Crippen LogP contribution in [0.2, 0.25) is 0 Å². The van der Waals surface area contributed by atoms with Crippen LogP contribution in [0.25, 0.3) is 0 Å². The summed E-state index contributed by atoms with van der Waals surface area (Å²) < 4.78 is 5.20. The zero-order valence-corrected chi connectivity index (χ0v) is 11.3. The van der Waals surface area contributed by atoms with Gasteiger partial charge in [0.15, 0.2) is 0 Å². The van der Waals surface area contributed by atoms with Gasteiger partial charge in [-0.2, -0.15) is 11.8 Å². The molecule has 0 aromatic heterocycles. The lowest BCUT2D eigenvalue weighted by Gasteiger charge is -2.22. The summed E-state index contributed by atoms with van der Waals surface area (Å²) in [5, 5.41) is 6.25. The van der Waals surface area contributed by atoms with Gasteiger partial charge in [0, 0.05) is 30.5 Å². The zero-order valence-electron chi connectivity index (χ0n) is 10.4. The molecular weight excluding hydrogens is 248 g/mol. The summed E-state index contributed by atoms with van der Waals surface area (Å²) in [4.78, 5) is 11.9. The van der Waals surface area contributed by atoms with Gasteiger partial charge in [-0.15, -0.1) is 0 Å². The van der Waals surface area contributed by atoms with Crippen LogP contribution in [-0.2, 0) is 4.79 Å². The molecule has 1 aliphatic heterocycles. The van der Waals surface area contributed by atoms with Crippen LogP contribution >= 0.6 is 11.8 Å². The van der Waals surface area contributed by atoms with Gasteiger partial charge in [-0.1, -0.05) is 12.1 Å². The number of para-hydroxylation sites is 2. The molecule has 1 unspecified atom stereocenters. The second-order valence-corrected chi connectivity index (χ2v) is 5.33. The minimum absolute atomic E-state index is 0.0273. The lowest BCUT2D eigenvalue weighted by molar-refractivity contribution is -0.116. The quantitative estimate of drug-likeness (QED) is 0.871. The molecular formula is C13H18N2O2S. The summed E-state index contributed by atoms with van der Waals surface area (Å²) >= 11 is 1.89. The Balaban J connectivity index is 1.90. The predicted octanol–water partition coefficient (Wildman–Crippen LogP) is 1.73. The molecule has 1 aromatic rings. The van der Waals surface area contributed by atoms with Crippen LogP contribution in [0.3, 0.4) is 0 Å². The highest BCUT2D eigenvalue weighted by Gasteiger charge is 2.17. The smallest absolute Gasteiger partial charge is 0.226 e. The number of methoxy groups -OCH3 is 1. The van der Waals surface area contributed by atoms with Crippen LogP contribution in [0.15, 0.2) is 24.3 Å². The van der Waals surface area contributed by atoms with E-state index in [-0.39, 0.29) is 11.9 Å². The van der Waals surface area contributed by atoms with Gasteiger partial charge in [-0.05, 0) is 12.1 Å². The highest BCUT2D eigenvalue weighted by atomic mass is 32.2. The molecule has 1 fully saturated rings. The third-order valence-electron chi connectivity index (χ3n) is 2.81. The van der Waals surface area contributed by atoms with Crippen molar-refractivity contribution in [2.45, 2.75) is 12.5 Å². The van der Waals surface area contributed by atoms with E-state index in [4.69, 9.17) is 4.74 Å². The average Bonchev–Trinajstić information content (AvgIpc) is 2.40. The maximum absolute atomic E-state index is 11.9. The van der Waals surface area contributed by atoms with E-state index in [1.54, 1.807) is 7.11 Å². The van der Waals surface area contributed by atoms with Gasteiger partial charge in [-0.25, -0.2) is 0 Å². The molecule has 0 aliphatic carbocycles. The van der Waals surface area contributed by atoms with Crippen molar-refractivity contribution in [1.82, 2.24) is 5.32 Å². The summed E-state index contributed by atoms with van der Waals surface area (Å²) in [5.41, 5.74) is 0.730. The van der Waals surface area contributed by atoms with Crippen molar-refractivity contribution in [1.29, 1.82) is 0 Å². The van der Waals surface area contributed by atoms with Gasteiger partial charge < -0.3 is 15.4 Å². The van der Waals surface area contributed by atoms with Crippen molar-refractivity contribution in [3.8, 4) is 5.75 Å². The first-order valence-corrected chi connectivity index (χ1v) is 7.19. The van der Waals surface area contributed by atoms with Crippen molar-refractivity contribution < 1.29 is 9.53 Å². The fourth-order valence-corrected chi connectivity index (χ4v) is 2.87. The summed E-state index contributed by atoms with van der Waals surface area (Å²) in [6, 6.07) is 7.73. The average molecular weight is 266 g/mol. The molecule has 1 aliphatic rings. The number of ether oxygens (including phenoxy) is 1. The first kappa shape index (κ1) is 13.2. The number of nitrogens with one attached hydrogen (secondary N) is 2. The Morgan fingerprint density at radius 3 is 3.11 bits per heavy atom. The molecule has 98 valence electrons. The topological polar surface area (TPSA) is 50.4 Å². The van der Waals surface area contributed by atoms with E-state index in [0.29, 0.717) is 12.2 Å². The maximum Gasteiger partial charge on any atom is 0.226 e. The van der Waals surface area contributed by atoms with Crippen LogP contribution < -0.4 is 15.4 Å². The Labute approximate surface area is 111 Å². The third-order valence-corrected chi connectivity index (χ3v) is 3.94. The van der Waals surface area contributed by atoms with Gasteiger partial charge in [0.25, 0.3) is 0 Å². The second-order valence-electron chi connectivity index (χ2n) is 4.18. The van der Waals surface area contributed by atoms with Gasteiger partial charge in [0.05, 0.1) is 12.8 Å². The molecule has 1 amide bonds. The molecule has 0 spiro atoms. The molecule has 1 aromatic carbocycles. The largest absolute Gasteiger partial charge is 0.495 e. The molecule has 0 saturated carbocycles. The van der Waals surface area contributed by atoms with Gasteiger partial charge in [-0.3, -0.25) is 4.79 Å². The van der Waals surface area contributed by atoms with E-state index in [9.17, 15) is 4.79 Å². The lowest BCUT2D eigenvalue weighted by atomic mass is 10.2. The minimum Gasteiger partial charge on any atom is -0.495 e. The van der Waals surface area contributed by atoms with Crippen LogP contribution in [-0.4, -0.2) is 37.1 Å². The van der Waals surface area contributed by atoms with Crippen LogP contribution in [0, 0.1) is 0 Å². The summed E-state index contributed by atoms with van der Waals surface area (Å²) in [6.07, 6.45) is 0.505. The maximum atomic E-state index is 11.9. The second kappa shape index (κ2) is 6.66. The third kappa shape index (κ3) is 3.65. The van der Waals surface area contributed by atoms with Crippen LogP contribution in [0.4, 0.5) is 5.69 Å². The van der Waals surface area contributed by atoms with E-state index < -0.39 is 0 Å². The molecule has 4 nitrogen and oxygen atoms in total. The number of rotatable bonds is 4. The molecule has 5 heteroatoms. The molecule has 0 radical (unpaired) electrons. The Morgan fingerprint density at radius 1 is 1.56 bits per heavy atom. The minimum atomic E-state index is 0.0273. The fraction of sp³-hybridized carbons (Fsp3) is 0.462. The lowest BCUT2D eigenvalue weighted by Crippen LogP contribution is -2.39. The molecule has 2 rings (SSSR count). The first-order valence-electron chi connectivity index (χ1n) is 6.03. The van der Waals surface area contributed by atoms with Crippen molar-refractivity contribution in [3.63, 3.8) is 0 Å². The fourth-order valence-electron chi connectivity index (χ4n) is 1.92. The Hall–Kier alpha value is -1.20.